The normalized spacial score (nSPS) is 10.2. The number of benzene rings is 1. The van der Waals surface area contributed by atoms with E-state index in [0.29, 0.717) is 11.5 Å². The molecule has 0 atom stereocenters. The first-order valence-electron chi connectivity index (χ1n) is 4.99. The molecule has 5 nitrogen and oxygen atoms in total. The van der Waals surface area contributed by atoms with E-state index in [4.69, 9.17) is 5.73 Å². The van der Waals surface area contributed by atoms with Gasteiger partial charge in [-0.2, -0.15) is 5.10 Å². The van der Waals surface area contributed by atoms with Crippen LogP contribution in [0.4, 0.5) is 15.9 Å². The Morgan fingerprint density at radius 2 is 2.24 bits per heavy atom. The Bertz CT molecular complexity index is 538. The van der Waals surface area contributed by atoms with Crippen LogP contribution >= 0.6 is 0 Å². The van der Waals surface area contributed by atoms with Gasteiger partial charge in [-0.25, -0.2) is 4.39 Å². The molecular weight excluding hydrogens is 223 g/mol. The number of H-pyrrole nitrogens is 1. The van der Waals surface area contributed by atoms with Gasteiger partial charge < -0.3 is 11.1 Å². The van der Waals surface area contributed by atoms with Gasteiger partial charge in [-0.05, 0) is 12.1 Å². The van der Waals surface area contributed by atoms with Crippen LogP contribution < -0.4 is 11.1 Å². The maximum atomic E-state index is 13.2. The zero-order chi connectivity index (χ0) is 12.3. The Kier molecular flexibility index (Phi) is 3.04. The number of carbonyl (C=O) groups excluding carboxylic acids is 1. The van der Waals surface area contributed by atoms with Crippen LogP contribution in [0.5, 0.6) is 0 Å². The highest BCUT2D eigenvalue weighted by molar-refractivity contribution is 5.92. The van der Waals surface area contributed by atoms with Crippen molar-refractivity contribution in [2.45, 2.75) is 6.42 Å². The Morgan fingerprint density at radius 1 is 1.47 bits per heavy atom. The van der Waals surface area contributed by atoms with E-state index in [2.05, 4.69) is 15.5 Å². The summed E-state index contributed by atoms with van der Waals surface area (Å²) in [6.45, 7) is 0. The van der Waals surface area contributed by atoms with Crippen molar-refractivity contribution in [2.24, 2.45) is 0 Å². The molecule has 0 saturated heterocycles. The number of nitrogens with zero attached hydrogens (tertiary/aromatic N) is 1. The fraction of sp³-hybridized carbons (Fsp3) is 0.0909. The maximum absolute atomic E-state index is 13.2. The third kappa shape index (κ3) is 2.81. The van der Waals surface area contributed by atoms with Crippen molar-refractivity contribution in [1.82, 2.24) is 10.2 Å². The number of para-hydroxylation sites is 1. The van der Waals surface area contributed by atoms with Gasteiger partial charge in [0.1, 0.15) is 11.6 Å². The number of halogens is 1. The minimum absolute atomic E-state index is 0.0680. The summed E-state index contributed by atoms with van der Waals surface area (Å²) >= 11 is 0. The van der Waals surface area contributed by atoms with Crippen LogP contribution in [0.25, 0.3) is 0 Å². The van der Waals surface area contributed by atoms with E-state index >= 15 is 0 Å². The summed E-state index contributed by atoms with van der Waals surface area (Å²) < 4.78 is 13.2. The van der Waals surface area contributed by atoms with Crippen LogP contribution in [-0.2, 0) is 11.2 Å². The van der Waals surface area contributed by atoms with Crippen molar-refractivity contribution in [3.05, 3.63) is 41.8 Å². The summed E-state index contributed by atoms with van der Waals surface area (Å²) in [5.74, 6) is -0.484. The molecule has 6 heteroatoms. The molecule has 88 valence electrons. The van der Waals surface area contributed by atoms with Gasteiger partial charge >= 0.3 is 0 Å². The van der Waals surface area contributed by atoms with Crippen LogP contribution in [0.15, 0.2) is 30.3 Å². The highest BCUT2D eigenvalue weighted by atomic mass is 19.1. The van der Waals surface area contributed by atoms with E-state index < -0.39 is 5.82 Å². The van der Waals surface area contributed by atoms with E-state index in [1.165, 1.54) is 12.1 Å². The molecule has 2 aromatic rings. The van der Waals surface area contributed by atoms with Crippen molar-refractivity contribution in [3.8, 4) is 0 Å². The molecular formula is C11H11FN4O. The minimum Gasteiger partial charge on any atom is -0.382 e. The van der Waals surface area contributed by atoms with Gasteiger partial charge in [-0.1, -0.05) is 12.1 Å². The number of nitrogens with two attached hydrogens (primary N) is 1. The molecule has 1 aromatic heterocycles. The third-order valence-electron chi connectivity index (χ3n) is 2.15. The van der Waals surface area contributed by atoms with Crippen molar-refractivity contribution >= 4 is 17.4 Å². The number of aromatic amines is 1. The summed E-state index contributed by atoms with van der Waals surface area (Å²) in [5.41, 5.74) is 6.13. The number of amides is 1. The van der Waals surface area contributed by atoms with Gasteiger partial charge in [0.2, 0.25) is 5.91 Å². The molecule has 0 bridgehead atoms. The van der Waals surface area contributed by atoms with Gasteiger partial charge in [0.25, 0.3) is 0 Å². The first-order valence-corrected chi connectivity index (χ1v) is 4.99. The van der Waals surface area contributed by atoms with Gasteiger partial charge in [0.15, 0.2) is 0 Å². The number of nitrogen functional groups attached to an aromatic ring is 1. The number of aromatic nitrogens is 2. The third-order valence-corrected chi connectivity index (χ3v) is 2.15. The molecule has 0 radical (unpaired) electrons. The van der Waals surface area contributed by atoms with Crippen molar-refractivity contribution in [2.75, 3.05) is 11.1 Å². The second-order valence-electron chi connectivity index (χ2n) is 3.52. The van der Waals surface area contributed by atoms with Crippen molar-refractivity contribution in [1.29, 1.82) is 0 Å². The topological polar surface area (TPSA) is 83.8 Å². The number of nitrogens with one attached hydrogen (secondary N) is 2. The first kappa shape index (κ1) is 11.1. The molecule has 0 aliphatic rings. The van der Waals surface area contributed by atoms with Crippen molar-refractivity contribution in [3.63, 3.8) is 0 Å². The number of hydrogen-bond donors (Lipinski definition) is 3. The van der Waals surface area contributed by atoms with Crippen LogP contribution in [0, 0.1) is 5.82 Å². The first-order chi connectivity index (χ1) is 8.15. The summed E-state index contributed by atoms with van der Waals surface area (Å²) in [6, 6.07) is 7.53. The molecule has 17 heavy (non-hydrogen) atoms. The van der Waals surface area contributed by atoms with Crippen molar-refractivity contribution < 1.29 is 9.18 Å². The molecule has 0 unspecified atom stereocenters. The van der Waals surface area contributed by atoms with E-state index in [1.807, 2.05) is 0 Å². The van der Waals surface area contributed by atoms with Gasteiger partial charge in [-0.3, -0.25) is 9.89 Å². The van der Waals surface area contributed by atoms with Gasteiger partial charge in [0.05, 0.1) is 12.1 Å². The average molecular weight is 234 g/mol. The quantitative estimate of drug-likeness (QED) is 0.748. The smallest absolute Gasteiger partial charge is 0.230 e. The Morgan fingerprint density at radius 3 is 2.88 bits per heavy atom. The zero-order valence-corrected chi connectivity index (χ0v) is 8.90. The SMILES string of the molecule is Nc1cc(CC(=O)Nc2ccccc2F)[nH]n1. The van der Waals surface area contributed by atoms with E-state index in [1.54, 1.807) is 18.2 Å². The summed E-state index contributed by atoms with van der Waals surface area (Å²) in [5, 5.41) is 8.77. The maximum Gasteiger partial charge on any atom is 0.230 e. The minimum atomic E-state index is -0.468. The molecule has 0 aliphatic heterocycles. The fourth-order valence-electron chi connectivity index (χ4n) is 1.40. The molecule has 2 rings (SSSR count). The Balaban J connectivity index is 2.01. The molecule has 0 spiro atoms. The highest BCUT2D eigenvalue weighted by Crippen LogP contribution is 2.12. The second-order valence-corrected chi connectivity index (χ2v) is 3.52. The number of rotatable bonds is 3. The molecule has 0 aliphatic carbocycles. The Hall–Kier alpha value is -2.37. The van der Waals surface area contributed by atoms with Crippen LogP contribution in [0.3, 0.4) is 0 Å². The van der Waals surface area contributed by atoms with E-state index in [0.717, 1.165) is 0 Å². The predicted octanol–water partition coefficient (Wildman–Crippen LogP) is 1.31. The van der Waals surface area contributed by atoms with Crippen LogP contribution in [0.1, 0.15) is 5.69 Å². The second kappa shape index (κ2) is 4.65. The molecule has 1 aromatic carbocycles. The molecule has 1 amide bonds. The fourth-order valence-corrected chi connectivity index (χ4v) is 1.40. The molecule has 0 saturated carbocycles. The zero-order valence-electron chi connectivity index (χ0n) is 8.90. The van der Waals surface area contributed by atoms with Crippen LogP contribution in [0.2, 0.25) is 0 Å². The lowest BCUT2D eigenvalue weighted by molar-refractivity contribution is -0.115. The number of anilines is 2. The summed E-state index contributed by atoms with van der Waals surface area (Å²) in [6.07, 6.45) is 0.0680. The average Bonchev–Trinajstić information content (AvgIpc) is 2.67. The molecule has 1 heterocycles. The largest absolute Gasteiger partial charge is 0.382 e. The van der Waals surface area contributed by atoms with Gasteiger partial charge in [0, 0.05) is 11.8 Å². The van der Waals surface area contributed by atoms with E-state index in [-0.39, 0.29) is 18.0 Å². The lowest BCUT2D eigenvalue weighted by atomic mass is 10.2. The molecule has 4 N–H and O–H groups in total. The summed E-state index contributed by atoms with van der Waals surface area (Å²) in [7, 11) is 0. The van der Waals surface area contributed by atoms with Crippen LogP contribution in [-0.4, -0.2) is 16.1 Å². The standard InChI is InChI=1S/C11H11FN4O/c12-8-3-1-2-4-9(8)14-11(17)6-7-5-10(13)16-15-7/h1-5H,6H2,(H,14,17)(H3,13,15,16). The predicted molar refractivity (Wildman–Crippen MR) is 61.7 cm³/mol. The molecule has 0 fully saturated rings. The lowest BCUT2D eigenvalue weighted by Crippen LogP contribution is -2.15. The number of carbonyl (C=O) groups is 1. The summed E-state index contributed by atoms with van der Waals surface area (Å²) in [4.78, 5) is 11.6. The Labute approximate surface area is 96.8 Å². The highest BCUT2D eigenvalue weighted by Gasteiger charge is 2.08. The number of hydrogen-bond acceptors (Lipinski definition) is 3. The van der Waals surface area contributed by atoms with Gasteiger partial charge in [-0.15, -0.1) is 0 Å². The lowest BCUT2D eigenvalue weighted by Gasteiger charge is -2.04. The monoisotopic (exact) mass is 234 g/mol. The van der Waals surface area contributed by atoms with E-state index in [9.17, 15) is 9.18 Å².